The Kier molecular flexibility index (Phi) is 28.9. The van der Waals surface area contributed by atoms with Crippen molar-refractivity contribution in [1.29, 1.82) is 0 Å². The Balaban J connectivity index is 0.000000152. The average Bonchev–Trinajstić information content (AvgIpc) is 0.969. The molecular formula is C79H75BrF4N25NaO8. The topological polar surface area (TPSA) is 407 Å². The van der Waals surface area contributed by atoms with Gasteiger partial charge in [-0.05, 0) is 159 Å². The largest absolute Gasteiger partial charge is 1.00 e. The number of amides is 1. The van der Waals surface area contributed by atoms with Gasteiger partial charge in [-0.3, -0.25) is 19.9 Å². The number of halogens is 5. The third-order valence-corrected chi connectivity index (χ3v) is 18.8. The molecule has 6 fully saturated rings. The zero-order chi connectivity index (χ0) is 81.5. The molecule has 600 valence electrons. The molecule has 0 aromatic carbocycles. The maximum Gasteiger partial charge on any atom is 1.00 e. The first kappa shape index (κ1) is 86.0. The number of piperazine rings is 2. The molecular weight excluding hydrogens is 1610 g/mol. The van der Waals surface area contributed by atoms with Crippen molar-refractivity contribution in [2.75, 3.05) is 68.6 Å². The Labute approximate surface area is 702 Å². The van der Waals surface area contributed by atoms with Gasteiger partial charge in [0.1, 0.15) is 33.7 Å². The van der Waals surface area contributed by atoms with Gasteiger partial charge in [0.25, 0.3) is 5.91 Å². The van der Waals surface area contributed by atoms with Crippen molar-refractivity contribution in [1.82, 2.24) is 99.6 Å². The molecule has 12 aromatic rings. The first-order chi connectivity index (χ1) is 56.0. The number of fused-ring (bicyclic) bond motifs is 4. The van der Waals surface area contributed by atoms with Gasteiger partial charge in [0.2, 0.25) is 0 Å². The van der Waals surface area contributed by atoms with Crippen LogP contribution >= 0.6 is 15.9 Å². The Hall–Kier alpha value is -12.9. The van der Waals surface area contributed by atoms with Crippen LogP contribution in [0.25, 0.3) is 40.2 Å². The van der Waals surface area contributed by atoms with E-state index >= 15 is 0 Å². The van der Waals surface area contributed by atoms with Crippen LogP contribution in [0.1, 0.15) is 89.7 Å². The number of esters is 2. The molecule has 20 rings (SSSR count). The fraction of sp³-hybridized carbons (Fsp3) is 0.241. The molecule has 5 N–H and O–H groups in total. The van der Waals surface area contributed by atoms with Crippen LogP contribution in [-0.4, -0.2) is 218 Å². The molecule has 0 saturated carbocycles. The van der Waals surface area contributed by atoms with E-state index in [0.717, 1.165) is 114 Å². The number of hydrogen-bond acceptors (Lipinski definition) is 27. The quantitative estimate of drug-likeness (QED) is 0.0363. The molecule has 8 aliphatic rings. The fourth-order valence-corrected chi connectivity index (χ4v) is 13.0. The Morgan fingerprint density at radius 2 is 1.06 bits per heavy atom. The number of rotatable bonds is 14. The van der Waals surface area contributed by atoms with E-state index in [9.17, 15) is 36.7 Å². The molecule has 118 heavy (non-hydrogen) atoms. The maximum absolute atomic E-state index is 13.3. The molecule has 4 unspecified atom stereocenters. The number of hydrogen-bond donors (Lipinski definition) is 4. The zero-order valence-corrected chi connectivity index (χ0v) is 68.2. The number of aliphatic imine (C=N–C) groups is 2. The number of carboxylic acid groups (broad SMARTS) is 1. The van der Waals surface area contributed by atoms with Crippen LogP contribution in [0.4, 0.5) is 35.0 Å². The number of allylic oxidation sites excluding steroid dienone is 1. The van der Waals surface area contributed by atoms with Crippen LogP contribution in [0.5, 0.6) is 0 Å². The van der Waals surface area contributed by atoms with E-state index in [2.05, 4.69) is 140 Å². The molecule has 4 atom stereocenters. The molecule has 0 radical (unpaired) electrons. The van der Waals surface area contributed by atoms with Crippen molar-refractivity contribution in [2.45, 2.75) is 71.1 Å². The van der Waals surface area contributed by atoms with Crippen LogP contribution in [0, 0.1) is 38.2 Å². The minimum atomic E-state index is -1.05. The van der Waals surface area contributed by atoms with E-state index in [4.69, 9.17) is 15.1 Å². The molecule has 39 heteroatoms. The zero-order valence-electron chi connectivity index (χ0n) is 64.6. The number of piperidine rings is 2. The minimum Gasteiger partial charge on any atom is -0.870 e. The molecule has 12 aromatic heterocycles. The summed E-state index contributed by atoms with van der Waals surface area (Å²) in [5, 5.41) is 34.1. The second-order valence-electron chi connectivity index (χ2n) is 27.0. The smallest absolute Gasteiger partial charge is 0.870 e. The van der Waals surface area contributed by atoms with Crippen LogP contribution in [-0.2, 0) is 15.9 Å². The molecule has 4 bridgehead atoms. The first-order valence-electron chi connectivity index (χ1n) is 36.1. The maximum atomic E-state index is 13.3. The van der Waals surface area contributed by atoms with E-state index < -0.39 is 29.4 Å². The molecule has 0 aliphatic carbocycles. The number of methoxy groups -OCH3 is 2. The van der Waals surface area contributed by atoms with Gasteiger partial charge in [0.05, 0.1) is 116 Å². The number of aryl methyl sites for hydroxylation is 3. The van der Waals surface area contributed by atoms with Crippen molar-refractivity contribution >= 4 is 69.2 Å². The summed E-state index contributed by atoms with van der Waals surface area (Å²) in [5.74, 6) is 2.56. The summed E-state index contributed by atoms with van der Waals surface area (Å²) < 4.78 is 63.8. The molecule has 8 aliphatic heterocycles. The second kappa shape index (κ2) is 39.6. The van der Waals surface area contributed by atoms with Crippen molar-refractivity contribution < 1.29 is 86.4 Å². The van der Waals surface area contributed by atoms with E-state index in [1.165, 1.54) is 108 Å². The molecule has 20 heterocycles. The van der Waals surface area contributed by atoms with Crippen LogP contribution in [0.15, 0.2) is 203 Å². The van der Waals surface area contributed by atoms with Crippen molar-refractivity contribution in [3.05, 3.63) is 262 Å². The summed E-state index contributed by atoms with van der Waals surface area (Å²) in [5.41, 5.74) is 9.05. The first-order valence-corrected chi connectivity index (χ1v) is 36.9. The van der Waals surface area contributed by atoms with Crippen molar-refractivity contribution in [3.63, 3.8) is 0 Å². The number of anilines is 3. The number of carbonyl (C=O) groups is 4. The number of aromatic amines is 1. The van der Waals surface area contributed by atoms with E-state index in [1.54, 1.807) is 30.3 Å². The van der Waals surface area contributed by atoms with Crippen LogP contribution in [0.2, 0.25) is 0 Å². The number of ether oxygens (including phenoxy) is 2. The van der Waals surface area contributed by atoms with Gasteiger partial charge in [0, 0.05) is 116 Å². The molecule has 33 nitrogen and oxygen atoms in total. The van der Waals surface area contributed by atoms with Gasteiger partial charge < -0.3 is 45.4 Å². The summed E-state index contributed by atoms with van der Waals surface area (Å²) in [6.07, 6.45) is 23.6. The van der Waals surface area contributed by atoms with E-state index in [0.29, 0.717) is 88.5 Å². The van der Waals surface area contributed by atoms with Crippen LogP contribution in [0.3, 0.4) is 0 Å². The molecule has 6 saturated heterocycles. The number of carboxylic acids is 1. The van der Waals surface area contributed by atoms with Gasteiger partial charge >= 0.3 is 47.5 Å². The van der Waals surface area contributed by atoms with Gasteiger partial charge in [-0.1, -0.05) is 0 Å². The summed E-state index contributed by atoms with van der Waals surface area (Å²) in [6, 6.07) is 28.2. The number of aromatic carboxylic acids is 1. The summed E-state index contributed by atoms with van der Waals surface area (Å²) in [7, 11) is 2.63. The third kappa shape index (κ3) is 22.4. The Morgan fingerprint density at radius 1 is 0.568 bits per heavy atom. The second-order valence-corrected chi connectivity index (χ2v) is 27.8. The predicted octanol–water partition coefficient (Wildman–Crippen LogP) is 7.14. The van der Waals surface area contributed by atoms with E-state index in [-0.39, 0.29) is 70.4 Å². The summed E-state index contributed by atoms with van der Waals surface area (Å²) >= 11 is 3.15. The van der Waals surface area contributed by atoms with Gasteiger partial charge in [-0.2, -0.15) is 20.4 Å². The summed E-state index contributed by atoms with van der Waals surface area (Å²) in [4.78, 5) is 104. The van der Waals surface area contributed by atoms with Gasteiger partial charge in [-0.15, -0.1) is 0 Å². The number of nitrogens with zero attached hydrogens (tertiary/aromatic N) is 22. The SMILES string of the molecule is CC1=CC(Nc2cc(C)nc(-c3ccc(N4CC5CC(C4)N5)nc3)n2)=NC1.COC(=O)c1ccc(-n2cc(F)cn2)nc1.COC(=O)c1ccc(Br)nc1.Cc1cc(Cc2cc(C)[nH]n2)nc(-c2ccc(N3CC4CC(C3)N4C(=O)c3ccc(-n4cc(F)cn4)nc3)nc2)n1.FC1=CCN=C1.O=C(O)c1ccc(-n2cc(F)cn2)nc1.[Na+].[OH-]. The van der Waals surface area contributed by atoms with E-state index in [1.807, 2.05) is 74.5 Å². The predicted molar refractivity (Wildman–Crippen MR) is 424 cm³/mol. The number of carbonyl (C=O) groups excluding carboxylic acids is 3. The number of aromatic nitrogens is 18. The normalized spacial score (nSPS) is 16.1. The Bertz CT molecular complexity index is 5590. The fourth-order valence-electron chi connectivity index (χ4n) is 12.8. The standard InChI is InChI=1S/C29H27FN10O.C20H23N7.C10H8FN3O2.C9H6FN3O2.C7H6BrNO2.C4H4FN.Na.H2O/c1-17-7-22(9-23-8-18(2)36-37-23)35-28(34-17)19-3-5-26(31-11-19)38-15-24-10-25(16-38)40(24)29(41)20-4-6-27(32-12-20)39-14-21(30)13-33-39;1-12-5-17(21-8-12)25-18-6-13(2)23-20(26-18)14-3-4-19(22-9-14)27-10-15-7-16(11-27)24-15;1-16-10(15)7-2-3-9(12-4-7)14-6-8(11)5-13-14;10-7-4-12-13(5-7)8-2-1-6(3-11-8)9(14)15;1-11-7(10)5-2-3-6(8)9-4-5;5-4-1-2-6-3-4;;/h3-8,11-14,24-25H,9-10,15-16H2,1-2H3,(H,36,37);3-6,9,15-16,24H,7-8,10-11H2,1-2H3,(H,21,23,25,26);2-6H,1H3;1-5H,(H,14,15);2-4H,1H3;1,3H,2H2;;1H2/q;;;;;;+1;/p-1. The van der Waals surface area contributed by atoms with Crippen LogP contribution < -0.4 is 50.0 Å². The van der Waals surface area contributed by atoms with Crippen molar-refractivity contribution in [2.24, 2.45) is 9.98 Å². The van der Waals surface area contributed by atoms with Gasteiger partial charge in [0.15, 0.2) is 46.6 Å². The molecule has 1 amide bonds. The minimum absolute atomic E-state index is 0. The van der Waals surface area contributed by atoms with Gasteiger partial charge in [-0.25, -0.2) is 95.8 Å². The number of H-pyrrole nitrogens is 1. The Morgan fingerprint density at radius 3 is 1.47 bits per heavy atom. The average molecular weight is 1680 g/mol. The number of pyridine rings is 6. The number of nitrogens with one attached hydrogen (secondary N) is 3. The molecule has 0 spiro atoms. The third-order valence-electron chi connectivity index (χ3n) is 18.3. The van der Waals surface area contributed by atoms with Crippen molar-refractivity contribution in [3.8, 4) is 40.2 Å². The monoisotopic (exact) mass is 1680 g/mol. The summed E-state index contributed by atoms with van der Waals surface area (Å²) in [6.45, 7) is 12.7. The number of amidine groups is 1.